The summed E-state index contributed by atoms with van der Waals surface area (Å²) < 4.78 is 17.1. The molecule has 1 saturated heterocycles. The Morgan fingerprint density at radius 2 is 1.88 bits per heavy atom. The summed E-state index contributed by atoms with van der Waals surface area (Å²) in [5.74, 6) is -0.0641. The first-order chi connectivity index (χ1) is 12.0. The van der Waals surface area contributed by atoms with Crippen molar-refractivity contribution in [1.29, 1.82) is 0 Å². The molecule has 144 valence electrons. The van der Waals surface area contributed by atoms with Crippen LogP contribution < -0.4 is 10.8 Å². The topological polar surface area (TPSA) is 56.8 Å². The van der Waals surface area contributed by atoms with Crippen molar-refractivity contribution in [3.8, 4) is 0 Å². The number of ether oxygens (including phenoxy) is 1. The molecule has 0 aliphatic carbocycles. The van der Waals surface area contributed by atoms with Crippen LogP contribution in [0.3, 0.4) is 0 Å². The fourth-order valence-corrected chi connectivity index (χ4v) is 2.78. The molecule has 1 fully saturated rings. The van der Waals surface area contributed by atoms with Crippen LogP contribution in [0.5, 0.6) is 0 Å². The molecule has 1 aromatic carbocycles. The lowest BCUT2D eigenvalue weighted by Crippen LogP contribution is -2.44. The highest BCUT2D eigenvalue weighted by molar-refractivity contribution is 6.61. The van der Waals surface area contributed by atoms with E-state index in [-0.39, 0.29) is 30.6 Å². The lowest BCUT2D eigenvalue weighted by Gasteiger charge is -2.26. The quantitative estimate of drug-likeness (QED) is 0.624. The fraction of sp³-hybridized carbons (Fsp3) is 0.650. The summed E-state index contributed by atoms with van der Waals surface area (Å²) >= 11 is 0. The maximum absolute atomic E-state index is 12.4. The molecule has 0 amide bonds. The smallest absolute Gasteiger partial charge is 0.459 e. The second-order valence-electron chi connectivity index (χ2n) is 8.90. The van der Waals surface area contributed by atoms with Crippen molar-refractivity contribution < 1.29 is 18.8 Å². The number of nitrogens with one attached hydrogen (secondary N) is 1. The van der Waals surface area contributed by atoms with Gasteiger partial charge in [-0.25, -0.2) is 0 Å². The normalized spacial score (nSPS) is 18.2. The number of esters is 1. The lowest BCUT2D eigenvalue weighted by atomic mass is 9.79. The average molecular weight is 361 g/mol. The van der Waals surface area contributed by atoms with E-state index in [0.717, 1.165) is 11.0 Å². The molecule has 26 heavy (non-hydrogen) atoms. The third kappa shape index (κ3) is 6.11. The lowest BCUT2D eigenvalue weighted by molar-refractivity contribution is -0.158. The minimum absolute atomic E-state index is 0.145. The van der Waals surface area contributed by atoms with E-state index in [9.17, 15) is 4.79 Å². The van der Waals surface area contributed by atoms with E-state index in [4.69, 9.17) is 14.0 Å². The van der Waals surface area contributed by atoms with E-state index < -0.39 is 5.60 Å². The number of hydrogen-bond acceptors (Lipinski definition) is 5. The highest BCUT2D eigenvalue weighted by atomic mass is 16.7. The molecule has 1 atom stereocenters. The first-order valence-electron chi connectivity index (χ1n) is 9.31. The maximum atomic E-state index is 12.4. The van der Waals surface area contributed by atoms with E-state index in [1.807, 2.05) is 72.7 Å². The molecule has 0 aromatic heterocycles. The number of carbonyl (C=O) groups is 1. The summed E-state index contributed by atoms with van der Waals surface area (Å²) in [6, 6.07) is 7.76. The van der Waals surface area contributed by atoms with Gasteiger partial charge in [-0.15, -0.1) is 0 Å². The van der Waals surface area contributed by atoms with Gasteiger partial charge in [-0.1, -0.05) is 38.1 Å². The molecule has 2 rings (SSSR count). The number of hydrogen-bond donors (Lipinski definition) is 1. The highest BCUT2D eigenvalue weighted by Gasteiger charge is 2.38. The Kier molecular flexibility index (Phi) is 6.53. The van der Waals surface area contributed by atoms with Crippen LogP contribution in [0.15, 0.2) is 24.3 Å². The first kappa shape index (κ1) is 20.9. The Morgan fingerprint density at radius 3 is 2.35 bits per heavy atom. The molecular weight excluding hydrogens is 329 g/mol. The van der Waals surface area contributed by atoms with Crippen LogP contribution in [-0.4, -0.2) is 36.9 Å². The van der Waals surface area contributed by atoms with Gasteiger partial charge in [0.15, 0.2) is 0 Å². The molecule has 6 heteroatoms. The summed E-state index contributed by atoms with van der Waals surface area (Å²) in [6.07, 6.45) is 0. The molecular formula is C20H32BNO4. The van der Waals surface area contributed by atoms with Gasteiger partial charge >= 0.3 is 13.1 Å². The highest BCUT2D eigenvalue weighted by Crippen LogP contribution is 2.19. The molecule has 1 aromatic rings. The standard InChI is InChI=1S/C20H32BNO4/c1-14(2)17(18(23)25-19(3,4)5)22-12-15-8-10-16(11-9-15)21-24-13-20(6,7)26-21/h8-11,14,17,22H,12-13H2,1-7H3. The second kappa shape index (κ2) is 8.11. The molecule has 0 bridgehead atoms. The van der Waals surface area contributed by atoms with Crippen LogP contribution in [0.1, 0.15) is 54.0 Å². The van der Waals surface area contributed by atoms with Gasteiger partial charge in [0.2, 0.25) is 0 Å². The molecule has 1 aliphatic rings. The summed E-state index contributed by atoms with van der Waals surface area (Å²) in [6.45, 7) is 14.9. The predicted molar refractivity (Wildman–Crippen MR) is 104 cm³/mol. The Hall–Kier alpha value is -1.37. The van der Waals surface area contributed by atoms with Gasteiger partial charge in [-0.3, -0.25) is 4.79 Å². The van der Waals surface area contributed by atoms with E-state index in [1.165, 1.54) is 0 Å². The van der Waals surface area contributed by atoms with Crippen molar-refractivity contribution in [3.05, 3.63) is 29.8 Å². The van der Waals surface area contributed by atoms with Crippen molar-refractivity contribution >= 4 is 18.6 Å². The van der Waals surface area contributed by atoms with Crippen molar-refractivity contribution in [1.82, 2.24) is 5.32 Å². The monoisotopic (exact) mass is 361 g/mol. The Bertz CT molecular complexity index is 607. The molecule has 1 aliphatic heterocycles. The van der Waals surface area contributed by atoms with Gasteiger partial charge in [0.05, 0.1) is 12.2 Å². The minimum atomic E-state index is -0.484. The van der Waals surface area contributed by atoms with Crippen LogP contribution in [0.2, 0.25) is 0 Å². The zero-order valence-corrected chi connectivity index (χ0v) is 17.1. The third-order valence-electron chi connectivity index (χ3n) is 4.11. The maximum Gasteiger partial charge on any atom is 0.494 e. The fourth-order valence-electron chi connectivity index (χ4n) is 2.78. The van der Waals surface area contributed by atoms with Crippen LogP contribution in [0.25, 0.3) is 0 Å². The van der Waals surface area contributed by atoms with Gasteiger partial charge in [-0.2, -0.15) is 0 Å². The number of rotatable bonds is 6. The van der Waals surface area contributed by atoms with Gasteiger partial charge in [0, 0.05) is 6.54 Å². The van der Waals surface area contributed by atoms with Crippen LogP contribution in [0.4, 0.5) is 0 Å². The average Bonchev–Trinajstić information content (AvgIpc) is 2.86. The van der Waals surface area contributed by atoms with Crippen molar-refractivity contribution in [2.24, 2.45) is 5.92 Å². The number of carbonyl (C=O) groups excluding carboxylic acids is 1. The van der Waals surface area contributed by atoms with Crippen LogP contribution in [0, 0.1) is 5.92 Å². The van der Waals surface area contributed by atoms with Gasteiger partial charge < -0.3 is 19.4 Å². The SMILES string of the molecule is CC(C)C(NCc1ccc(B2OCC(C)(C)O2)cc1)C(=O)OC(C)(C)C. The molecule has 0 spiro atoms. The zero-order valence-electron chi connectivity index (χ0n) is 17.1. The van der Waals surface area contributed by atoms with E-state index in [0.29, 0.717) is 13.2 Å². The molecule has 0 saturated carbocycles. The third-order valence-corrected chi connectivity index (χ3v) is 4.11. The summed E-state index contributed by atoms with van der Waals surface area (Å²) in [5.41, 5.74) is 1.37. The Balaban J connectivity index is 1.94. The summed E-state index contributed by atoms with van der Waals surface area (Å²) in [4.78, 5) is 12.4. The van der Waals surface area contributed by atoms with E-state index in [1.54, 1.807) is 0 Å². The van der Waals surface area contributed by atoms with Crippen LogP contribution >= 0.6 is 0 Å². The largest absolute Gasteiger partial charge is 0.494 e. The van der Waals surface area contributed by atoms with Crippen molar-refractivity contribution in [2.45, 2.75) is 72.3 Å². The Labute approximate surface area is 157 Å². The van der Waals surface area contributed by atoms with E-state index >= 15 is 0 Å². The predicted octanol–water partition coefficient (Wildman–Crippen LogP) is 2.66. The minimum Gasteiger partial charge on any atom is -0.459 e. The molecule has 5 nitrogen and oxygen atoms in total. The molecule has 1 heterocycles. The molecule has 1 unspecified atom stereocenters. The Morgan fingerprint density at radius 1 is 1.27 bits per heavy atom. The van der Waals surface area contributed by atoms with Crippen molar-refractivity contribution in [2.75, 3.05) is 6.61 Å². The van der Waals surface area contributed by atoms with Crippen molar-refractivity contribution in [3.63, 3.8) is 0 Å². The van der Waals surface area contributed by atoms with Crippen LogP contribution in [-0.2, 0) is 25.4 Å². The van der Waals surface area contributed by atoms with Gasteiger partial charge in [-0.05, 0) is 51.6 Å². The summed E-state index contributed by atoms with van der Waals surface area (Å²) in [5, 5.41) is 3.32. The second-order valence-corrected chi connectivity index (χ2v) is 8.90. The molecule has 0 radical (unpaired) electrons. The summed E-state index contributed by atoms with van der Waals surface area (Å²) in [7, 11) is -0.308. The van der Waals surface area contributed by atoms with Gasteiger partial charge in [0.25, 0.3) is 0 Å². The zero-order chi connectivity index (χ0) is 19.5. The van der Waals surface area contributed by atoms with Gasteiger partial charge in [0.1, 0.15) is 11.6 Å². The van der Waals surface area contributed by atoms with E-state index in [2.05, 4.69) is 5.32 Å². The first-order valence-corrected chi connectivity index (χ1v) is 9.31. The molecule has 1 N–H and O–H groups in total. The number of benzene rings is 1.